The lowest BCUT2D eigenvalue weighted by molar-refractivity contribution is 0.151. The van der Waals surface area contributed by atoms with Gasteiger partial charge in [-0.05, 0) is 40.4 Å². The van der Waals surface area contributed by atoms with Crippen LogP contribution in [0.1, 0.15) is 13.8 Å². The summed E-state index contributed by atoms with van der Waals surface area (Å²) in [5, 5.41) is 0. The Labute approximate surface area is 59.5 Å². The lowest BCUT2D eigenvalue weighted by atomic mass is 10.2. The van der Waals surface area contributed by atoms with E-state index in [-0.39, 0.29) is 5.60 Å². The molecule has 9 heavy (non-hydrogen) atoms. The maximum atomic E-state index is 5.65. The molecule has 0 aromatic heterocycles. The third kappa shape index (κ3) is 8.18. The minimum absolute atomic E-state index is 0.204. The molecule has 0 aromatic carbocycles. The fourth-order valence-electron chi connectivity index (χ4n) is 0.829. The third-order valence-corrected chi connectivity index (χ3v) is 1.75. The van der Waals surface area contributed by atoms with E-state index in [4.69, 9.17) is 4.43 Å². The summed E-state index contributed by atoms with van der Waals surface area (Å²) in [5.41, 5.74) is -0.204. The summed E-state index contributed by atoms with van der Waals surface area (Å²) in [6, 6.07) is 0. The Morgan fingerprint density at radius 1 is 1.22 bits per heavy atom. The van der Waals surface area contributed by atoms with Gasteiger partial charge in [-0.25, -0.2) is 0 Å². The molecule has 0 saturated carbocycles. The Morgan fingerprint density at radius 2 is 1.56 bits per heavy atom. The summed E-state index contributed by atoms with van der Waals surface area (Å²) in [5.74, 6) is 0. The van der Waals surface area contributed by atoms with Gasteiger partial charge in [0.2, 0.25) is 0 Å². The van der Waals surface area contributed by atoms with Crippen molar-refractivity contribution in [3.05, 3.63) is 6.92 Å². The van der Waals surface area contributed by atoms with E-state index in [1.807, 2.05) is 13.8 Å². The van der Waals surface area contributed by atoms with Crippen molar-refractivity contribution in [2.75, 3.05) is 0 Å². The normalized spacial score (nSPS) is 14.0. The van der Waals surface area contributed by atoms with Crippen molar-refractivity contribution in [2.45, 2.75) is 39.1 Å². The molecule has 1 nitrogen and oxygen atoms in total. The Bertz CT molecular complexity index is 74.1. The van der Waals surface area contributed by atoms with Crippen LogP contribution in [0, 0.1) is 6.92 Å². The van der Waals surface area contributed by atoms with E-state index in [9.17, 15) is 0 Å². The van der Waals surface area contributed by atoms with Gasteiger partial charge in [0.15, 0.2) is 8.32 Å². The molecule has 0 fully saturated rings. The summed E-state index contributed by atoms with van der Waals surface area (Å²) in [6.45, 7) is 14.4. The minimum Gasteiger partial charge on any atom is -0.413 e. The average molecular weight is 145 g/mol. The monoisotopic (exact) mass is 145 g/mol. The predicted octanol–water partition coefficient (Wildman–Crippen LogP) is 2.45. The van der Waals surface area contributed by atoms with Crippen LogP contribution in [0.3, 0.4) is 0 Å². The van der Waals surface area contributed by atoms with Gasteiger partial charge in [-0.1, -0.05) is 0 Å². The smallest absolute Gasteiger partial charge is 0.184 e. The summed E-state index contributed by atoms with van der Waals surface area (Å²) < 4.78 is 5.65. The molecule has 0 amide bonds. The van der Waals surface area contributed by atoms with Gasteiger partial charge < -0.3 is 4.43 Å². The van der Waals surface area contributed by atoms with E-state index in [2.05, 4.69) is 26.6 Å². The molecule has 0 spiro atoms. The van der Waals surface area contributed by atoms with Crippen molar-refractivity contribution >= 4 is 8.32 Å². The molecule has 55 valence electrons. The Balaban J connectivity index is 3.75. The maximum absolute atomic E-state index is 5.65. The minimum atomic E-state index is -1.36. The Morgan fingerprint density at radius 3 is 1.56 bits per heavy atom. The van der Waals surface area contributed by atoms with Gasteiger partial charge in [0.05, 0.1) is 5.60 Å². The topological polar surface area (TPSA) is 9.23 Å². The number of hydrogen-bond donors (Lipinski definition) is 0. The second-order valence-electron chi connectivity index (χ2n) is 3.97. The molecule has 0 bridgehead atoms. The SMILES string of the molecule is [CH2]C(C)(C)O[Si](C)(C)C. The first-order valence-electron chi connectivity index (χ1n) is 3.26. The van der Waals surface area contributed by atoms with Crippen LogP contribution in [-0.2, 0) is 4.43 Å². The first-order chi connectivity index (χ1) is 3.71. The zero-order chi connectivity index (χ0) is 7.71. The van der Waals surface area contributed by atoms with Crippen molar-refractivity contribution < 1.29 is 4.43 Å². The number of rotatable bonds is 2. The first-order valence-corrected chi connectivity index (χ1v) is 6.67. The fraction of sp³-hybridized carbons (Fsp3) is 0.857. The molecular formula is C7H17OSi. The van der Waals surface area contributed by atoms with Crippen molar-refractivity contribution in [1.29, 1.82) is 0 Å². The first kappa shape index (κ1) is 9.18. The third-order valence-electron chi connectivity index (χ3n) is 0.582. The summed E-state index contributed by atoms with van der Waals surface area (Å²) in [4.78, 5) is 0. The highest BCUT2D eigenvalue weighted by molar-refractivity contribution is 6.69. The van der Waals surface area contributed by atoms with Gasteiger partial charge >= 0.3 is 0 Å². The van der Waals surface area contributed by atoms with Crippen LogP contribution in [0.15, 0.2) is 0 Å². The molecule has 0 heterocycles. The van der Waals surface area contributed by atoms with Crippen LogP contribution < -0.4 is 0 Å². The molecule has 0 aliphatic rings. The van der Waals surface area contributed by atoms with Gasteiger partial charge in [-0.2, -0.15) is 0 Å². The zero-order valence-corrected chi connectivity index (χ0v) is 8.12. The van der Waals surface area contributed by atoms with Crippen LogP contribution in [0.5, 0.6) is 0 Å². The molecule has 0 aliphatic carbocycles. The van der Waals surface area contributed by atoms with Gasteiger partial charge in [-0.3, -0.25) is 0 Å². The van der Waals surface area contributed by atoms with Crippen LogP contribution >= 0.6 is 0 Å². The second kappa shape index (κ2) is 2.43. The van der Waals surface area contributed by atoms with Gasteiger partial charge in [0, 0.05) is 0 Å². The Kier molecular flexibility index (Phi) is 2.47. The van der Waals surface area contributed by atoms with Gasteiger partial charge in [-0.15, -0.1) is 0 Å². The molecule has 0 unspecified atom stereocenters. The van der Waals surface area contributed by atoms with Crippen LogP contribution in [0.4, 0.5) is 0 Å². The molecule has 0 aromatic rings. The van der Waals surface area contributed by atoms with E-state index in [1.54, 1.807) is 0 Å². The second-order valence-corrected chi connectivity index (χ2v) is 8.40. The molecule has 0 atom stereocenters. The Hall–Kier alpha value is 0.177. The predicted molar refractivity (Wildman–Crippen MR) is 43.9 cm³/mol. The standard InChI is InChI=1S/C7H17OSi/c1-7(2,3)8-9(4,5)6/h1H2,2-6H3. The lowest BCUT2D eigenvalue weighted by Crippen LogP contribution is -2.36. The van der Waals surface area contributed by atoms with Crippen molar-refractivity contribution in [3.8, 4) is 0 Å². The zero-order valence-electron chi connectivity index (χ0n) is 7.12. The highest BCUT2D eigenvalue weighted by Gasteiger charge is 2.22. The van der Waals surface area contributed by atoms with E-state index in [0.29, 0.717) is 0 Å². The highest BCUT2D eigenvalue weighted by atomic mass is 28.4. The lowest BCUT2D eigenvalue weighted by Gasteiger charge is -2.29. The van der Waals surface area contributed by atoms with Crippen molar-refractivity contribution in [3.63, 3.8) is 0 Å². The maximum Gasteiger partial charge on any atom is 0.184 e. The van der Waals surface area contributed by atoms with Crippen LogP contribution in [0.2, 0.25) is 19.6 Å². The molecule has 0 N–H and O–H groups in total. The number of hydrogen-bond acceptors (Lipinski definition) is 1. The molecule has 0 aliphatic heterocycles. The largest absolute Gasteiger partial charge is 0.413 e. The van der Waals surface area contributed by atoms with E-state index in [1.165, 1.54) is 0 Å². The van der Waals surface area contributed by atoms with E-state index >= 15 is 0 Å². The van der Waals surface area contributed by atoms with Crippen molar-refractivity contribution in [1.82, 2.24) is 0 Å². The van der Waals surface area contributed by atoms with Crippen molar-refractivity contribution in [2.24, 2.45) is 0 Å². The van der Waals surface area contributed by atoms with E-state index < -0.39 is 8.32 Å². The molecule has 0 saturated heterocycles. The molecule has 0 rings (SSSR count). The highest BCUT2D eigenvalue weighted by Crippen LogP contribution is 2.14. The van der Waals surface area contributed by atoms with Gasteiger partial charge in [0.1, 0.15) is 0 Å². The fourth-order valence-corrected chi connectivity index (χ4v) is 2.49. The van der Waals surface area contributed by atoms with Crippen LogP contribution in [0.25, 0.3) is 0 Å². The summed E-state index contributed by atoms with van der Waals surface area (Å²) in [7, 11) is -1.36. The van der Waals surface area contributed by atoms with Gasteiger partial charge in [0.25, 0.3) is 0 Å². The van der Waals surface area contributed by atoms with E-state index in [0.717, 1.165) is 0 Å². The summed E-state index contributed by atoms with van der Waals surface area (Å²) in [6.07, 6.45) is 0. The quantitative estimate of drug-likeness (QED) is 0.542. The molecule has 1 radical (unpaired) electrons. The molecule has 2 heteroatoms. The van der Waals surface area contributed by atoms with Crippen LogP contribution in [-0.4, -0.2) is 13.9 Å². The molecular weight excluding hydrogens is 128 g/mol. The average Bonchev–Trinajstić information content (AvgIpc) is 1.14. The summed E-state index contributed by atoms with van der Waals surface area (Å²) >= 11 is 0.